The maximum atomic E-state index is 12.6. The van der Waals surface area contributed by atoms with Gasteiger partial charge in [0, 0.05) is 11.9 Å². The number of nitrogens with zero attached hydrogens (tertiary/aromatic N) is 1. The Bertz CT molecular complexity index is 1170. The van der Waals surface area contributed by atoms with Crippen molar-refractivity contribution >= 4 is 17.8 Å². The fraction of sp³-hybridized carbons (Fsp3) is 0.333. The zero-order chi connectivity index (χ0) is 25.3. The highest BCUT2D eigenvalue weighted by atomic mass is 16.7. The average Bonchev–Trinajstić information content (AvgIpc) is 3.50. The molecule has 1 aliphatic heterocycles. The van der Waals surface area contributed by atoms with Gasteiger partial charge in [-0.05, 0) is 37.3 Å². The van der Waals surface area contributed by atoms with Crippen molar-refractivity contribution in [2.45, 2.75) is 57.6 Å². The minimum Gasteiger partial charge on any atom is -0.434 e. The number of aromatic nitrogens is 2. The van der Waals surface area contributed by atoms with Gasteiger partial charge < -0.3 is 14.5 Å². The summed E-state index contributed by atoms with van der Waals surface area (Å²) in [4.78, 5) is 44.1. The number of imide groups is 1. The molecule has 0 aliphatic carbocycles. The van der Waals surface area contributed by atoms with Crippen LogP contribution in [0.3, 0.4) is 0 Å². The van der Waals surface area contributed by atoms with Gasteiger partial charge in [-0.3, -0.25) is 25.0 Å². The minimum absolute atomic E-state index is 0.0650. The van der Waals surface area contributed by atoms with E-state index >= 15 is 0 Å². The number of imidazole rings is 1. The molecule has 9 heteroatoms. The Morgan fingerprint density at radius 1 is 1.08 bits per heavy atom. The lowest BCUT2D eigenvalue weighted by Crippen LogP contribution is -2.50. The number of esters is 1. The first-order chi connectivity index (χ1) is 17.5. The number of benzene rings is 2. The second-order valence-electron chi connectivity index (χ2n) is 8.77. The first kappa shape index (κ1) is 25.3. The van der Waals surface area contributed by atoms with Crippen molar-refractivity contribution in [2.75, 3.05) is 0 Å². The van der Waals surface area contributed by atoms with Gasteiger partial charge in [0.1, 0.15) is 0 Å². The van der Waals surface area contributed by atoms with Crippen LogP contribution in [0.4, 0.5) is 0 Å². The molecule has 4 rings (SSSR count). The molecule has 0 radical (unpaired) electrons. The van der Waals surface area contributed by atoms with Crippen LogP contribution < -0.4 is 10.6 Å². The fourth-order valence-electron chi connectivity index (χ4n) is 3.98. The summed E-state index contributed by atoms with van der Waals surface area (Å²) in [7, 11) is 0. The highest BCUT2D eigenvalue weighted by Crippen LogP contribution is 2.19. The quantitative estimate of drug-likeness (QED) is 0.353. The van der Waals surface area contributed by atoms with Gasteiger partial charge in [-0.1, -0.05) is 60.7 Å². The number of hydrogen-bond acceptors (Lipinski definition) is 7. The summed E-state index contributed by atoms with van der Waals surface area (Å²) in [5.74, 6) is -1.49. The maximum absolute atomic E-state index is 12.6. The third kappa shape index (κ3) is 7.10. The second kappa shape index (κ2) is 12.2. The van der Waals surface area contributed by atoms with Crippen molar-refractivity contribution in [3.63, 3.8) is 0 Å². The van der Waals surface area contributed by atoms with Crippen LogP contribution in [-0.2, 0) is 38.5 Å². The Morgan fingerprint density at radius 2 is 1.78 bits per heavy atom. The van der Waals surface area contributed by atoms with Gasteiger partial charge >= 0.3 is 5.97 Å². The zero-order valence-corrected chi connectivity index (χ0v) is 20.1. The van der Waals surface area contributed by atoms with E-state index in [4.69, 9.17) is 9.47 Å². The van der Waals surface area contributed by atoms with Crippen LogP contribution in [0.1, 0.15) is 47.2 Å². The number of carbonyl (C=O) groups excluding carboxylic acids is 3. The van der Waals surface area contributed by atoms with E-state index in [0.29, 0.717) is 0 Å². The van der Waals surface area contributed by atoms with Gasteiger partial charge in [0.05, 0.1) is 25.1 Å². The van der Waals surface area contributed by atoms with Crippen LogP contribution in [0.15, 0.2) is 66.9 Å². The van der Waals surface area contributed by atoms with Crippen LogP contribution >= 0.6 is 0 Å². The van der Waals surface area contributed by atoms with Gasteiger partial charge in [0.2, 0.25) is 12.2 Å². The highest BCUT2D eigenvalue weighted by Gasteiger charge is 2.37. The minimum atomic E-state index is -0.827. The summed E-state index contributed by atoms with van der Waals surface area (Å²) in [6.07, 6.45) is 3.42. The van der Waals surface area contributed by atoms with Crippen LogP contribution in [0.25, 0.3) is 0 Å². The number of aryl methyl sites for hydroxylation is 2. The molecular formula is C27H30N4O5. The summed E-state index contributed by atoms with van der Waals surface area (Å²) in [6, 6.07) is 18.4. The summed E-state index contributed by atoms with van der Waals surface area (Å²) < 4.78 is 11.0. The molecule has 1 aromatic heterocycles. The van der Waals surface area contributed by atoms with E-state index < -0.39 is 36.2 Å². The number of ether oxygens (including phenoxy) is 2. The van der Waals surface area contributed by atoms with E-state index in [9.17, 15) is 14.4 Å². The van der Waals surface area contributed by atoms with Crippen molar-refractivity contribution in [1.82, 2.24) is 20.6 Å². The monoisotopic (exact) mass is 490 g/mol. The highest BCUT2D eigenvalue weighted by molar-refractivity contribution is 6.04. The number of cyclic esters (lactones) is 1. The number of nitrogens with one attached hydrogen (secondary N) is 3. The summed E-state index contributed by atoms with van der Waals surface area (Å²) in [6.45, 7) is 1.87. The molecule has 0 bridgehead atoms. The van der Waals surface area contributed by atoms with Gasteiger partial charge in [-0.25, -0.2) is 4.98 Å². The summed E-state index contributed by atoms with van der Waals surface area (Å²) in [5, 5.41) is 5.38. The van der Waals surface area contributed by atoms with E-state index in [1.165, 1.54) is 5.56 Å². The van der Waals surface area contributed by atoms with E-state index in [1.807, 2.05) is 48.5 Å². The first-order valence-corrected chi connectivity index (χ1v) is 12.0. The average molecular weight is 491 g/mol. The number of amides is 2. The van der Waals surface area contributed by atoms with E-state index in [2.05, 4.69) is 32.7 Å². The Hall–Kier alpha value is -3.82. The summed E-state index contributed by atoms with van der Waals surface area (Å²) in [5.41, 5.74) is 3.02. The Morgan fingerprint density at radius 3 is 2.50 bits per heavy atom. The predicted molar refractivity (Wildman–Crippen MR) is 132 cm³/mol. The molecule has 1 saturated heterocycles. The smallest absolute Gasteiger partial charge is 0.309 e. The zero-order valence-electron chi connectivity index (χ0n) is 20.1. The third-order valence-corrected chi connectivity index (χ3v) is 5.91. The molecule has 3 N–H and O–H groups in total. The van der Waals surface area contributed by atoms with Crippen LogP contribution in [0, 0.1) is 0 Å². The number of carbonyl (C=O) groups is 3. The molecule has 0 saturated carbocycles. The molecule has 9 nitrogen and oxygen atoms in total. The van der Waals surface area contributed by atoms with Gasteiger partial charge in [0.25, 0.3) is 5.91 Å². The lowest BCUT2D eigenvalue weighted by Gasteiger charge is -2.22. The SMILES string of the molecule is C[C@H](NC1CC(=O)OC1OCc1ccccc1)C(=O)NC(=O)c1ncc(CCCc2ccccc2)[nH]1. The molecule has 2 aromatic carbocycles. The van der Waals surface area contributed by atoms with E-state index in [1.54, 1.807) is 13.1 Å². The molecule has 2 unspecified atom stereocenters. The van der Waals surface area contributed by atoms with E-state index in [-0.39, 0.29) is 18.9 Å². The second-order valence-corrected chi connectivity index (χ2v) is 8.77. The maximum Gasteiger partial charge on any atom is 0.309 e. The fourth-order valence-corrected chi connectivity index (χ4v) is 3.98. The van der Waals surface area contributed by atoms with Crippen molar-refractivity contribution < 1.29 is 23.9 Å². The van der Waals surface area contributed by atoms with Crippen molar-refractivity contribution in [1.29, 1.82) is 0 Å². The Labute approximate surface area is 209 Å². The number of aromatic amines is 1. The van der Waals surface area contributed by atoms with Crippen LogP contribution in [0.5, 0.6) is 0 Å². The third-order valence-electron chi connectivity index (χ3n) is 5.91. The molecule has 0 spiro atoms. The lowest BCUT2D eigenvalue weighted by atomic mass is 10.1. The Balaban J connectivity index is 1.23. The van der Waals surface area contributed by atoms with Gasteiger partial charge in [0.15, 0.2) is 5.82 Å². The molecule has 3 aromatic rings. The van der Waals surface area contributed by atoms with Gasteiger partial charge in [-0.2, -0.15) is 0 Å². The van der Waals surface area contributed by atoms with Crippen LogP contribution in [-0.4, -0.2) is 46.1 Å². The standard InChI is InChI=1S/C27H30N4O5/c1-18(29-22-15-23(32)36-27(22)35-17-20-11-6-3-7-12-20)25(33)31-26(34)24-28-16-21(30-24)14-8-13-19-9-4-2-5-10-19/h2-7,9-12,16,18,22,27,29H,8,13-15,17H2,1H3,(H,28,30)(H,31,33,34)/t18-,22?,27?/m0/s1. The number of hydrogen-bond donors (Lipinski definition) is 3. The van der Waals surface area contributed by atoms with Crippen LogP contribution in [0.2, 0.25) is 0 Å². The predicted octanol–water partition coefficient (Wildman–Crippen LogP) is 2.68. The Kier molecular flexibility index (Phi) is 8.59. The normalized spacial score (nSPS) is 18.0. The van der Waals surface area contributed by atoms with Crippen molar-refractivity contribution in [2.24, 2.45) is 0 Å². The first-order valence-electron chi connectivity index (χ1n) is 12.0. The largest absolute Gasteiger partial charge is 0.434 e. The molecule has 1 aliphatic rings. The number of rotatable bonds is 11. The van der Waals surface area contributed by atoms with Gasteiger partial charge in [-0.15, -0.1) is 0 Å². The van der Waals surface area contributed by atoms with E-state index in [0.717, 1.165) is 30.5 Å². The molecule has 188 valence electrons. The van der Waals surface area contributed by atoms with Crippen molar-refractivity contribution in [3.05, 3.63) is 89.5 Å². The molecule has 2 amide bonds. The molecule has 3 atom stereocenters. The molecule has 2 heterocycles. The molecule has 1 fully saturated rings. The molecular weight excluding hydrogens is 460 g/mol. The van der Waals surface area contributed by atoms with Crippen molar-refractivity contribution in [3.8, 4) is 0 Å². The lowest BCUT2D eigenvalue weighted by molar-refractivity contribution is -0.167. The number of H-pyrrole nitrogens is 1. The molecule has 36 heavy (non-hydrogen) atoms. The topological polar surface area (TPSA) is 122 Å². The summed E-state index contributed by atoms with van der Waals surface area (Å²) >= 11 is 0.